The quantitative estimate of drug-likeness (QED) is 0.0766. The number of nitrogens with one attached hydrogen (secondary N) is 4. The van der Waals surface area contributed by atoms with Crippen LogP contribution in [0.1, 0.15) is 19.4 Å². The molecule has 15 nitrogen and oxygen atoms in total. The average molecular weight is 956 g/mol. The molecule has 0 saturated carbocycles. The van der Waals surface area contributed by atoms with E-state index < -0.39 is 57.8 Å². The number of nitriles is 1. The lowest BCUT2D eigenvalue weighted by Gasteiger charge is -2.35. The van der Waals surface area contributed by atoms with E-state index in [1.165, 1.54) is 82.2 Å². The molecule has 4 N–H and O–H groups in total. The van der Waals surface area contributed by atoms with Gasteiger partial charge in [-0.25, -0.2) is 37.1 Å². The van der Waals surface area contributed by atoms with Gasteiger partial charge in [0.05, 0.1) is 56.5 Å². The van der Waals surface area contributed by atoms with Crippen molar-refractivity contribution in [1.29, 1.82) is 5.26 Å². The Morgan fingerprint density at radius 3 is 1.49 bits per heavy atom. The third-order valence-corrected chi connectivity index (χ3v) is 11.4. The monoisotopic (exact) mass is 955 g/mol. The first-order valence-electron chi connectivity index (χ1n) is 21.1. The van der Waals surface area contributed by atoms with Crippen LogP contribution in [-0.2, 0) is 13.1 Å². The first-order chi connectivity index (χ1) is 33.2. The molecule has 0 bridgehead atoms. The molecule has 0 saturated heterocycles. The third-order valence-electron chi connectivity index (χ3n) is 11.1. The molecule has 0 aliphatic carbocycles. The highest BCUT2D eigenvalue weighted by atomic mass is 35.5. The van der Waals surface area contributed by atoms with Crippen LogP contribution in [0.4, 0.5) is 61.5 Å². The minimum Gasteiger partial charge on any atom is -0.373 e. The van der Waals surface area contributed by atoms with Gasteiger partial charge in [-0.3, -0.25) is 9.59 Å². The van der Waals surface area contributed by atoms with Gasteiger partial charge < -0.3 is 30.4 Å². The van der Waals surface area contributed by atoms with E-state index in [-0.39, 0.29) is 57.3 Å². The number of carbonyl (C=O) groups is 2. The standard InChI is InChI=1S/C49H38ClF4N11O4/c1-5-62-42-21-44(56-3)58-24-27(42)14-34(46(62)66)32-17-40(38(53)19-36(32)51)60-48(68)64(30-11-7-9-26(13-30)23-55)65(31-12-8-10-29(50)16-31)49(69)61-41-18-33(37(52)20-39(41)54)35-15-28-25-59-45(57-4)22-43(28)63(6-2)47(35)67/h7-22,24-25H,5-6H2,1-4H3,(H,56,58)(H,57,59)(H,60,68)(H,61,69). The van der Waals surface area contributed by atoms with Crippen molar-refractivity contribution in [3.05, 3.63) is 164 Å². The number of urea groups is 2. The van der Waals surface area contributed by atoms with E-state index in [1.54, 1.807) is 40.1 Å². The molecule has 4 aromatic carbocycles. The number of nitrogens with zero attached hydrogens (tertiary/aromatic N) is 7. The van der Waals surface area contributed by atoms with Crippen molar-refractivity contribution in [3.63, 3.8) is 0 Å². The molecule has 0 atom stereocenters. The van der Waals surface area contributed by atoms with Crippen molar-refractivity contribution in [2.75, 3.05) is 45.4 Å². The number of amides is 4. The molecular formula is C49H38ClF4N11O4. The Hall–Kier alpha value is -8.76. The van der Waals surface area contributed by atoms with E-state index in [0.717, 1.165) is 12.1 Å². The SMILES string of the molecule is CCn1c(=O)c(-c2cc(NC(=O)N(c3cccc(Cl)c3)N(C(=O)Nc3cc(-c4cc5cnc(NC)cc5n(CC)c4=O)c(F)cc3F)c3cccc(C#N)c3)c(F)cc2F)cc2cnc(NC)cc21. The molecule has 4 aromatic heterocycles. The molecule has 8 rings (SSSR count). The Morgan fingerprint density at radius 1 is 0.623 bits per heavy atom. The molecule has 0 spiro atoms. The lowest BCUT2D eigenvalue weighted by molar-refractivity contribution is 0.248. The Bertz CT molecular complexity index is 3560. The lowest BCUT2D eigenvalue weighted by Crippen LogP contribution is -2.54. The van der Waals surface area contributed by atoms with Crippen LogP contribution in [0.5, 0.6) is 0 Å². The van der Waals surface area contributed by atoms with E-state index in [0.29, 0.717) is 55.6 Å². The van der Waals surface area contributed by atoms with Gasteiger partial charge in [-0.1, -0.05) is 23.7 Å². The summed E-state index contributed by atoms with van der Waals surface area (Å²) in [6.07, 6.45) is 2.96. The maximum atomic E-state index is 15.9. The third kappa shape index (κ3) is 8.95. The van der Waals surface area contributed by atoms with Gasteiger partial charge >= 0.3 is 12.1 Å². The fraction of sp³-hybridized carbons (Fsp3) is 0.122. The van der Waals surface area contributed by atoms with Crippen LogP contribution in [0, 0.1) is 34.6 Å². The van der Waals surface area contributed by atoms with Crippen LogP contribution in [0.25, 0.3) is 44.1 Å². The molecule has 0 aliphatic heterocycles. The van der Waals surface area contributed by atoms with Gasteiger partial charge in [-0.15, -0.1) is 0 Å². The van der Waals surface area contributed by atoms with Crippen molar-refractivity contribution in [3.8, 4) is 28.3 Å². The lowest BCUT2D eigenvalue weighted by atomic mass is 10.0. The topological polar surface area (TPSA) is 182 Å². The van der Waals surface area contributed by atoms with Gasteiger partial charge in [-0.2, -0.15) is 15.3 Å². The number of fused-ring (bicyclic) bond motifs is 2. The van der Waals surface area contributed by atoms with E-state index >= 15 is 17.6 Å². The summed E-state index contributed by atoms with van der Waals surface area (Å²) >= 11 is 6.41. The molecule has 69 heavy (non-hydrogen) atoms. The van der Waals surface area contributed by atoms with E-state index in [1.807, 2.05) is 6.07 Å². The van der Waals surface area contributed by atoms with Gasteiger partial charge in [0, 0.05) is 90.8 Å². The highest BCUT2D eigenvalue weighted by Crippen LogP contribution is 2.34. The number of rotatable bonds is 10. The van der Waals surface area contributed by atoms with Gasteiger partial charge in [0.15, 0.2) is 0 Å². The molecule has 348 valence electrons. The number of pyridine rings is 4. The van der Waals surface area contributed by atoms with Crippen molar-refractivity contribution >= 4 is 79.9 Å². The Balaban J connectivity index is 1.24. The highest BCUT2D eigenvalue weighted by molar-refractivity contribution is 6.31. The van der Waals surface area contributed by atoms with E-state index in [9.17, 15) is 24.4 Å². The molecule has 0 fully saturated rings. The zero-order valence-corrected chi connectivity index (χ0v) is 37.7. The summed E-state index contributed by atoms with van der Waals surface area (Å²) < 4.78 is 66.2. The fourth-order valence-electron chi connectivity index (χ4n) is 7.83. The van der Waals surface area contributed by atoms with Crippen LogP contribution in [0.15, 0.2) is 119 Å². The number of anilines is 6. The highest BCUT2D eigenvalue weighted by Gasteiger charge is 2.32. The maximum absolute atomic E-state index is 15.9. The number of aromatic nitrogens is 4. The Morgan fingerprint density at radius 2 is 1.07 bits per heavy atom. The number of halogens is 5. The summed E-state index contributed by atoms with van der Waals surface area (Å²) in [6.45, 7) is 3.76. The number of hydrazine groups is 1. The van der Waals surface area contributed by atoms with Crippen molar-refractivity contribution in [2.45, 2.75) is 26.9 Å². The molecule has 4 amide bonds. The minimum absolute atomic E-state index is 0.00607. The predicted molar refractivity (Wildman–Crippen MR) is 259 cm³/mol. The fourth-order valence-corrected chi connectivity index (χ4v) is 8.02. The summed E-state index contributed by atoms with van der Waals surface area (Å²) in [5, 5.41) is 22.7. The smallest absolute Gasteiger partial charge is 0.346 e. The predicted octanol–water partition coefficient (Wildman–Crippen LogP) is 10.3. The summed E-state index contributed by atoms with van der Waals surface area (Å²) in [5.74, 6) is -3.88. The van der Waals surface area contributed by atoms with E-state index in [4.69, 9.17) is 11.6 Å². The van der Waals surface area contributed by atoms with Crippen molar-refractivity contribution < 1.29 is 27.2 Å². The zero-order valence-electron chi connectivity index (χ0n) is 37.0. The summed E-state index contributed by atoms with van der Waals surface area (Å²) in [7, 11) is 3.31. The second-order valence-electron chi connectivity index (χ2n) is 15.2. The molecule has 8 aromatic rings. The van der Waals surface area contributed by atoms with E-state index in [2.05, 4.69) is 31.2 Å². The number of hydrogen-bond acceptors (Lipinski definition) is 9. The molecular weight excluding hydrogens is 918 g/mol. The average Bonchev–Trinajstić information content (AvgIpc) is 3.34. The van der Waals surface area contributed by atoms with Crippen LogP contribution in [0.3, 0.4) is 0 Å². The summed E-state index contributed by atoms with van der Waals surface area (Å²) in [6, 6.07) is 19.1. The minimum atomic E-state index is -1.29. The zero-order chi connectivity index (χ0) is 49.3. The number of benzene rings is 4. The number of hydrogen-bond donors (Lipinski definition) is 4. The van der Waals surface area contributed by atoms with Gasteiger partial charge in [0.2, 0.25) is 0 Å². The Labute approximate surface area is 394 Å². The molecule has 0 aliphatic rings. The first kappa shape index (κ1) is 46.8. The van der Waals surface area contributed by atoms with Crippen molar-refractivity contribution in [1.82, 2.24) is 19.1 Å². The van der Waals surface area contributed by atoms with Gasteiger partial charge in [-0.05, 0) is 74.5 Å². The number of aryl methyl sites for hydroxylation is 2. The van der Waals surface area contributed by atoms with Crippen molar-refractivity contribution in [2.24, 2.45) is 0 Å². The van der Waals surface area contributed by atoms with Crippen LogP contribution in [-0.4, -0.2) is 45.3 Å². The van der Waals surface area contributed by atoms with Crippen LogP contribution < -0.4 is 42.4 Å². The second-order valence-corrected chi connectivity index (χ2v) is 15.7. The van der Waals surface area contributed by atoms with Crippen LogP contribution in [0.2, 0.25) is 5.02 Å². The largest absolute Gasteiger partial charge is 0.373 e. The molecule has 0 unspecified atom stereocenters. The first-order valence-corrected chi connectivity index (χ1v) is 21.5. The molecule has 0 radical (unpaired) electrons. The van der Waals surface area contributed by atoms with Crippen LogP contribution >= 0.6 is 11.6 Å². The summed E-state index contributed by atoms with van der Waals surface area (Å²) in [5.41, 5.74) is -3.02. The van der Waals surface area contributed by atoms with Gasteiger partial charge in [0.1, 0.15) is 34.9 Å². The number of carbonyl (C=O) groups excluding carboxylic acids is 2. The molecule has 20 heteroatoms. The van der Waals surface area contributed by atoms with Gasteiger partial charge in [0.25, 0.3) is 11.1 Å². The normalized spacial score (nSPS) is 11.0. The second kappa shape index (κ2) is 19.2. The Kier molecular flexibility index (Phi) is 13.0. The summed E-state index contributed by atoms with van der Waals surface area (Å²) in [4.78, 5) is 66.0. The molecule has 4 heterocycles. The maximum Gasteiger partial charge on any atom is 0.346 e.